The zero-order chi connectivity index (χ0) is 18.1. The summed E-state index contributed by atoms with van der Waals surface area (Å²) in [5.74, 6) is 0.0243. The highest BCUT2D eigenvalue weighted by molar-refractivity contribution is 6.00. The average Bonchev–Trinajstić information content (AvgIpc) is 2.63. The number of carbonyl (C=O) groups is 2. The van der Waals surface area contributed by atoms with E-state index in [4.69, 9.17) is 0 Å². The van der Waals surface area contributed by atoms with Gasteiger partial charge in [-0.2, -0.15) is 0 Å². The van der Waals surface area contributed by atoms with Crippen molar-refractivity contribution in [2.24, 2.45) is 0 Å². The Hall–Kier alpha value is -2.82. The van der Waals surface area contributed by atoms with Crippen LogP contribution in [-0.4, -0.2) is 29.9 Å². The van der Waals surface area contributed by atoms with Gasteiger partial charge in [0, 0.05) is 30.0 Å². The zero-order valence-electron chi connectivity index (χ0n) is 14.8. The van der Waals surface area contributed by atoms with Crippen LogP contribution in [0.3, 0.4) is 0 Å². The Balaban J connectivity index is 1.94. The smallest absolute Gasteiger partial charge is 0.323 e. The van der Waals surface area contributed by atoms with E-state index in [2.05, 4.69) is 17.6 Å². The third kappa shape index (κ3) is 5.64. The number of carbonyl (C=O) groups excluding carboxylic acids is 2. The predicted molar refractivity (Wildman–Crippen MR) is 102 cm³/mol. The van der Waals surface area contributed by atoms with Gasteiger partial charge in [-0.25, -0.2) is 4.79 Å². The molecular formula is C20H25N3O2. The maximum absolute atomic E-state index is 12.5. The van der Waals surface area contributed by atoms with Gasteiger partial charge < -0.3 is 15.5 Å². The van der Waals surface area contributed by atoms with Gasteiger partial charge in [0.2, 0.25) is 0 Å². The van der Waals surface area contributed by atoms with Crippen LogP contribution >= 0.6 is 0 Å². The van der Waals surface area contributed by atoms with Crippen molar-refractivity contribution in [2.75, 3.05) is 23.7 Å². The van der Waals surface area contributed by atoms with Gasteiger partial charge in [0.25, 0.3) is 5.91 Å². The van der Waals surface area contributed by atoms with Crippen LogP contribution in [0.25, 0.3) is 0 Å². The Kier molecular flexibility index (Phi) is 7.01. The number of rotatable bonds is 7. The fourth-order valence-corrected chi connectivity index (χ4v) is 2.45. The fraction of sp³-hybridized carbons (Fsp3) is 0.300. The van der Waals surface area contributed by atoms with Crippen molar-refractivity contribution in [3.05, 3.63) is 60.2 Å². The average molecular weight is 339 g/mol. The molecule has 0 radical (unpaired) electrons. The maximum atomic E-state index is 12.5. The molecule has 0 fully saturated rings. The molecule has 3 amide bonds. The molecule has 0 unspecified atom stereocenters. The minimum absolute atomic E-state index is 0.0243. The number of urea groups is 1. The van der Waals surface area contributed by atoms with E-state index < -0.39 is 0 Å². The number of nitrogens with one attached hydrogen (secondary N) is 2. The van der Waals surface area contributed by atoms with E-state index in [1.165, 1.54) is 0 Å². The van der Waals surface area contributed by atoms with Crippen LogP contribution in [0.1, 0.15) is 37.0 Å². The first kappa shape index (κ1) is 18.5. The molecule has 0 aliphatic rings. The first-order chi connectivity index (χ1) is 12.1. The topological polar surface area (TPSA) is 61.4 Å². The lowest BCUT2D eigenvalue weighted by Crippen LogP contribution is -2.31. The van der Waals surface area contributed by atoms with E-state index in [1.54, 1.807) is 24.3 Å². The van der Waals surface area contributed by atoms with Crippen molar-refractivity contribution >= 4 is 23.3 Å². The van der Waals surface area contributed by atoms with Crippen molar-refractivity contribution in [3.63, 3.8) is 0 Å². The number of unbranched alkanes of at least 4 members (excludes halogenated alkanes) is 1. The van der Waals surface area contributed by atoms with Gasteiger partial charge in [0.15, 0.2) is 0 Å². The molecule has 2 N–H and O–H groups in total. The predicted octanol–water partition coefficient (Wildman–Crippen LogP) is 4.59. The Morgan fingerprint density at radius 1 is 0.880 bits per heavy atom. The van der Waals surface area contributed by atoms with Crippen LogP contribution in [0.15, 0.2) is 54.6 Å². The second kappa shape index (κ2) is 9.47. The third-order valence-electron chi connectivity index (χ3n) is 3.87. The van der Waals surface area contributed by atoms with Gasteiger partial charge in [-0.15, -0.1) is 0 Å². The lowest BCUT2D eigenvalue weighted by atomic mass is 10.1. The number of nitrogens with zero attached hydrogens (tertiary/aromatic N) is 1. The van der Waals surface area contributed by atoms with Gasteiger partial charge in [-0.3, -0.25) is 4.79 Å². The molecule has 2 rings (SSSR count). The lowest BCUT2D eigenvalue weighted by Gasteiger charge is -2.20. The Morgan fingerprint density at radius 2 is 1.48 bits per heavy atom. The summed E-state index contributed by atoms with van der Waals surface area (Å²) in [4.78, 5) is 26.3. The van der Waals surface area contributed by atoms with Crippen molar-refractivity contribution in [1.29, 1.82) is 0 Å². The number of anilines is 2. The van der Waals surface area contributed by atoms with Crippen LogP contribution in [0.4, 0.5) is 16.2 Å². The summed E-state index contributed by atoms with van der Waals surface area (Å²) in [6.45, 7) is 5.56. The van der Waals surface area contributed by atoms with Crippen molar-refractivity contribution in [3.8, 4) is 0 Å². The molecule has 0 saturated heterocycles. The van der Waals surface area contributed by atoms with Crippen LogP contribution in [0.2, 0.25) is 0 Å². The number of para-hydroxylation sites is 1. The summed E-state index contributed by atoms with van der Waals surface area (Å²) in [5.41, 5.74) is 2.00. The highest BCUT2D eigenvalue weighted by Gasteiger charge is 2.13. The van der Waals surface area contributed by atoms with E-state index in [0.717, 1.165) is 25.1 Å². The molecule has 0 spiro atoms. The van der Waals surface area contributed by atoms with Crippen molar-refractivity contribution in [2.45, 2.75) is 26.7 Å². The molecule has 0 aliphatic heterocycles. The van der Waals surface area contributed by atoms with Gasteiger partial charge in [-0.05, 0) is 49.7 Å². The fourth-order valence-electron chi connectivity index (χ4n) is 2.45. The molecule has 5 heteroatoms. The lowest BCUT2D eigenvalue weighted by molar-refractivity contribution is 0.0762. The standard InChI is InChI=1S/C20H25N3O2/c1-3-5-15-23(4-2)19(24)16-11-13-18(14-12-16)22-20(25)21-17-9-7-6-8-10-17/h6-14H,3-5,15H2,1-2H3,(H2,21,22,25). The SMILES string of the molecule is CCCCN(CC)C(=O)c1ccc(NC(=O)Nc2ccccc2)cc1. The van der Waals surface area contributed by atoms with Crippen LogP contribution < -0.4 is 10.6 Å². The normalized spacial score (nSPS) is 10.2. The van der Waals surface area contributed by atoms with Crippen LogP contribution in [0.5, 0.6) is 0 Å². The summed E-state index contributed by atoms with van der Waals surface area (Å²) in [7, 11) is 0. The number of amides is 3. The molecule has 2 aromatic rings. The number of hydrogen-bond acceptors (Lipinski definition) is 2. The molecule has 0 aromatic heterocycles. The highest BCUT2D eigenvalue weighted by Crippen LogP contribution is 2.13. The minimum Gasteiger partial charge on any atom is -0.339 e. The maximum Gasteiger partial charge on any atom is 0.323 e. The molecule has 0 heterocycles. The first-order valence-corrected chi connectivity index (χ1v) is 8.66. The zero-order valence-corrected chi connectivity index (χ0v) is 14.8. The molecule has 0 aliphatic carbocycles. The molecule has 0 bridgehead atoms. The Labute approximate surface area is 149 Å². The summed E-state index contributed by atoms with van der Waals surface area (Å²) in [5, 5.41) is 5.51. The molecule has 0 saturated carbocycles. The summed E-state index contributed by atoms with van der Waals surface area (Å²) >= 11 is 0. The molecule has 25 heavy (non-hydrogen) atoms. The summed E-state index contributed by atoms with van der Waals surface area (Å²) < 4.78 is 0. The summed E-state index contributed by atoms with van der Waals surface area (Å²) in [6.07, 6.45) is 2.06. The summed E-state index contributed by atoms with van der Waals surface area (Å²) in [6, 6.07) is 15.9. The Bertz CT molecular complexity index is 684. The largest absolute Gasteiger partial charge is 0.339 e. The van der Waals surface area contributed by atoms with E-state index in [-0.39, 0.29) is 11.9 Å². The van der Waals surface area contributed by atoms with E-state index >= 15 is 0 Å². The molecule has 2 aromatic carbocycles. The quantitative estimate of drug-likeness (QED) is 0.775. The second-order valence-corrected chi connectivity index (χ2v) is 5.76. The van der Waals surface area contributed by atoms with E-state index in [0.29, 0.717) is 17.8 Å². The minimum atomic E-state index is -0.316. The molecular weight excluding hydrogens is 314 g/mol. The van der Waals surface area contributed by atoms with Crippen molar-refractivity contribution in [1.82, 2.24) is 4.90 Å². The third-order valence-corrected chi connectivity index (χ3v) is 3.87. The van der Waals surface area contributed by atoms with Gasteiger partial charge in [-0.1, -0.05) is 31.5 Å². The van der Waals surface area contributed by atoms with Crippen LogP contribution in [-0.2, 0) is 0 Å². The molecule has 5 nitrogen and oxygen atoms in total. The van der Waals surface area contributed by atoms with Gasteiger partial charge in [0.1, 0.15) is 0 Å². The monoisotopic (exact) mass is 339 g/mol. The van der Waals surface area contributed by atoms with E-state index in [1.807, 2.05) is 42.2 Å². The van der Waals surface area contributed by atoms with Crippen molar-refractivity contribution < 1.29 is 9.59 Å². The van der Waals surface area contributed by atoms with Gasteiger partial charge >= 0.3 is 6.03 Å². The number of benzene rings is 2. The number of hydrogen-bond donors (Lipinski definition) is 2. The second-order valence-electron chi connectivity index (χ2n) is 5.76. The Morgan fingerprint density at radius 3 is 2.04 bits per heavy atom. The van der Waals surface area contributed by atoms with E-state index in [9.17, 15) is 9.59 Å². The molecule has 0 atom stereocenters. The highest BCUT2D eigenvalue weighted by atomic mass is 16.2. The first-order valence-electron chi connectivity index (χ1n) is 8.66. The van der Waals surface area contributed by atoms with Gasteiger partial charge in [0.05, 0.1) is 0 Å². The molecule has 132 valence electrons. The van der Waals surface area contributed by atoms with Crippen LogP contribution in [0, 0.1) is 0 Å².